The maximum Gasteiger partial charge on any atom is 0.307 e. The molecule has 104 valence electrons. The van der Waals surface area contributed by atoms with Crippen molar-refractivity contribution in [3.63, 3.8) is 0 Å². The van der Waals surface area contributed by atoms with Crippen molar-refractivity contribution in [2.45, 2.75) is 20.3 Å². The molecule has 1 N–H and O–H groups in total. The van der Waals surface area contributed by atoms with Crippen LogP contribution in [0.4, 0.5) is 0 Å². The van der Waals surface area contributed by atoms with E-state index in [-0.39, 0.29) is 6.42 Å². The van der Waals surface area contributed by atoms with Gasteiger partial charge in [-0.25, -0.2) is 9.97 Å². The number of aromatic nitrogens is 2. The Labute approximate surface area is 126 Å². The minimum atomic E-state index is -0.901. The molecule has 0 aliphatic rings. The van der Waals surface area contributed by atoms with Crippen molar-refractivity contribution in [2.75, 3.05) is 0 Å². The first-order valence-corrected chi connectivity index (χ1v) is 6.65. The number of rotatable bonds is 3. The summed E-state index contributed by atoms with van der Waals surface area (Å²) in [5.74, 6) is -0.394. The number of hydrogen-bond donors (Lipinski definition) is 1. The summed E-state index contributed by atoms with van der Waals surface area (Å²) >= 11 is 11.9. The van der Waals surface area contributed by atoms with Crippen LogP contribution in [0.3, 0.4) is 0 Å². The molecular formula is C14H12Cl2N2O2. The van der Waals surface area contributed by atoms with Crippen LogP contribution in [0, 0.1) is 13.8 Å². The van der Waals surface area contributed by atoms with Crippen LogP contribution < -0.4 is 0 Å². The molecule has 0 bridgehead atoms. The van der Waals surface area contributed by atoms with Gasteiger partial charge in [0, 0.05) is 22.5 Å². The van der Waals surface area contributed by atoms with E-state index in [2.05, 4.69) is 9.97 Å². The summed E-state index contributed by atoms with van der Waals surface area (Å²) in [5, 5.41) is 9.77. The molecule has 1 heterocycles. The van der Waals surface area contributed by atoms with E-state index >= 15 is 0 Å². The molecule has 0 amide bonds. The van der Waals surface area contributed by atoms with Crippen LogP contribution in [0.1, 0.15) is 17.0 Å². The Balaban J connectivity index is 2.48. The average molecular weight is 311 g/mol. The van der Waals surface area contributed by atoms with Gasteiger partial charge in [-0.05, 0) is 32.0 Å². The minimum Gasteiger partial charge on any atom is -0.481 e. The van der Waals surface area contributed by atoms with E-state index in [0.717, 1.165) is 5.56 Å². The van der Waals surface area contributed by atoms with Crippen molar-refractivity contribution in [1.82, 2.24) is 9.97 Å². The van der Waals surface area contributed by atoms with E-state index < -0.39 is 5.97 Å². The predicted molar refractivity (Wildman–Crippen MR) is 78.3 cm³/mol. The molecule has 6 heteroatoms. The van der Waals surface area contributed by atoms with Crippen LogP contribution in [0.5, 0.6) is 0 Å². The van der Waals surface area contributed by atoms with Gasteiger partial charge in [-0.2, -0.15) is 0 Å². The van der Waals surface area contributed by atoms with E-state index in [1.54, 1.807) is 32.0 Å². The van der Waals surface area contributed by atoms with Crippen LogP contribution in [0.2, 0.25) is 10.0 Å². The van der Waals surface area contributed by atoms with Crippen LogP contribution >= 0.6 is 23.2 Å². The van der Waals surface area contributed by atoms with Gasteiger partial charge in [-0.3, -0.25) is 4.79 Å². The van der Waals surface area contributed by atoms with Crippen LogP contribution in [-0.2, 0) is 11.2 Å². The van der Waals surface area contributed by atoms with Gasteiger partial charge in [0.2, 0.25) is 0 Å². The number of carboxylic acid groups (broad SMARTS) is 1. The molecule has 0 saturated carbocycles. The third-order valence-corrected chi connectivity index (χ3v) is 3.67. The fourth-order valence-electron chi connectivity index (χ4n) is 1.91. The van der Waals surface area contributed by atoms with Gasteiger partial charge in [0.15, 0.2) is 5.82 Å². The normalized spacial score (nSPS) is 10.6. The quantitative estimate of drug-likeness (QED) is 0.939. The van der Waals surface area contributed by atoms with E-state index in [9.17, 15) is 4.79 Å². The summed E-state index contributed by atoms with van der Waals surface area (Å²) in [5.41, 5.74) is 2.69. The first-order valence-electron chi connectivity index (χ1n) is 5.90. The molecular weight excluding hydrogens is 299 g/mol. The molecule has 0 fully saturated rings. The molecule has 1 aromatic carbocycles. The number of nitrogens with zero attached hydrogens (tertiary/aromatic N) is 2. The van der Waals surface area contributed by atoms with Crippen LogP contribution in [-0.4, -0.2) is 21.0 Å². The Morgan fingerprint density at radius 2 is 1.75 bits per heavy atom. The standard InChI is InChI=1S/C14H12Cl2N2O2/c1-7-10(6-13(19)20)8(2)18-14(17-7)9-3-4-11(15)12(16)5-9/h3-5H,6H2,1-2H3,(H,19,20). The Morgan fingerprint density at radius 1 is 1.15 bits per heavy atom. The van der Waals surface area contributed by atoms with Crippen molar-refractivity contribution in [3.8, 4) is 11.4 Å². The summed E-state index contributed by atoms with van der Waals surface area (Å²) in [6.07, 6.45) is -0.0840. The first-order chi connectivity index (χ1) is 9.38. The lowest BCUT2D eigenvalue weighted by Gasteiger charge is -2.09. The van der Waals surface area contributed by atoms with E-state index in [1.807, 2.05) is 0 Å². The molecule has 0 saturated heterocycles. The number of carbonyl (C=O) groups is 1. The zero-order chi connectivity index (χ0) is 14.9. The third kappa shape index (κ3) is 3.08. The largest absolute Gasteiger partial charge is 0.481 e. The highest BCUT2D eigenvalue weighted by Gasteiger charge is 2.13. The van der Waals surface area contributed by atoms with Gasteiger partial charge in [0.1, 0.15) is 0 Å². The summed E-state index contributed by atoms with van der Waals surface area (Å²) in [6, 6.07) is 5.15. The van der Waals surface area contributed by atoms with Gasteiger partial charge in [0.05, 0.1) is 16.5 Å². The van der Waals surface area contributed by atoms with Crippen molar-refractivity contribution >= 4 is 29.2 Å². The maximum absolute atomic E-state index is 10.8. The molecule has 20 heavy (non-hydrogen) atoms. The maximum atomic E-state index is 10.8. The van der Waals surface area contributed by atoms with Crippen molar-refractivity contribution < 1.29 is 9.90 Å². The molecule has 0 aliphatic carbocycles. The molecule has 0 radical (unpaired) electrons. The average Bonchev–Trinajstić information content (AvgIpc) is 2.36. The fraction of sp³-hybridized carbons (Fsp3) is 0.214. The summed E-state index contributed by atoms with van der Waals surface area (Å²) in [4.78, 5) is 19.5. The van der Waals surface area contributed by atoms with Crippen LogP contribution in [0.15, 0.2) is 18.2 Å². The van der Waals surface area contributed by atoms with E-state index in [4.69, 9.17) is 28.3 Å². The lowest BCUT2D eigenvalue weighted by atomic mass is 10.1. The SMILES string of the molecule is Cc1nc(-c2ccc(Cl)c(Cl)c2)nc(C)c1CC(=O)O. The lowest BCUT2D eigenvalue weighted by molar-refractivity contribution is -0.136. The number of benzene rings is 1. The van der Waals surface area contributed by atoms with Gasteiger partial charge < -0.3 is 5.11 Å². The van der Waals surface area contributed by atoms with Crippen LogP contribution in [0.25, 0.3) is 11.4 Å². The number of carboxylic acids is 1. The zero-order valence-corrected chi connectivity index (χ0v) is 12.5. The van der Waals surface area contributed by atoms with E-state index in [1.165, 1.54) is 0 Å². The van der Waals surface area contributed by atoms with Gasteiger partial charge in [-0.1, -0.05) is 23.2 Å². The second kappa shape index (κ2) is 5.77. The minimum absolute atomic E-state index is 0.0840. The molecule has 1 aromatic heterocycles. The summed E-state index contributed by atoms with van der Waals surface area (Å²) in [7, 11) is 0. The molecule has 0 spiro atoms. The molecule has 0 atom stereocenters. The lowest BCUT2D eigenvalue weighted by Crippen LogP contribution is -2.08. The first kappa shape index (κ1) is 14.8. The van der Waals surface area contributed by atoms with Gasteiger partial charge in [0.25, 0.3) is 0 Å². The second-order valence-corrected chi connectivity index (χ2v) is 5.21. The van der Waals surface area contributed by atoms with Gasteiger partial charge >= 0.3 is 5.97 Å². The number of hydrogen-bond acceptors (Lipinski definition) is 3. The topological polar surface area (TPSA) is 63.1 Å². The molecule has 2 rings (SSSR count). The fourth-order valence-corrected chi connectivity index (χ4v) is 2.21. The Kier molecular flexibility index (Phi) is 4.26. The highest BCUT2D eigenvalue weighted by molar-refractivity contribution is 6.42. The number of aryl methyl sites for hydroxylation is 2. The Morgan fingerprint density at radius 3 is 2.25 bits per heavy atom. The van der Waals surface area contributed by atoms with Crippen molar-refractivity contribution in [1.29, 1.82) is 0 Å². The molecule has 4 nitrogen and oxygen atoms in total. The molecule has 0 unspecified atom stereocenters. The number of aliphatic carboxylic acids is 1. The molecule has 2 aromatic rings. The Bertz CT molecular complexity index is 664. The third-order valence-electron chi connectivity index (χ3n) is 2.93. The summed E-state index contributed by atoms with van der Waals surface area (Å²) in [6.45, 7) is 3.54. The second-order valence-electron chi connectivity index (χ2n) is 4.40. The summed E-state index contributed by atoms with van der Waals surface area (Å²) < 4.78 is 0. The monoisotopic (exact) mass is 310 g/mol. The smallest absolute Gasteiger partial charge is 0.307 e. The van der Waals surface area contributed by atoms with Crippen molar-refractivity contribution in [3.05, 3.63) is 45.2 Å². The highest BCUT2D eigenvalue weighted by Crippen LogP contribution is 2.27. The Hall–Kier alpha value is -1.65. The van der Waals surface area contributed by atoms with E-state index in [0.29, 0.717) is 32.8 Å². The zero-order valence-electron chi connectivity index (χ0n) is 10.9. The molecule has 0 aliphatic heterocycles. The highest BCUT2D eigenvalue weighted by atomic mass is 35.5. The predicted octanol–water partition coefficient (Wildman–Crippen LogP) is 3.69. The van der Waals surface area contributed by atoms with Gasteiger partial charge in [-0.15, -0.1) is 0 Å². The van der Waals surface area contributed by atoms with Crippen molar-refractivity contribution in [2.24, 2.45) is 0 Å². The number of halogens is 2.